The molecule has 4 N–H and O–H groups in total. The van der Waals surface area contributed by atoms with E-state index in [4.69, 9.17) is 23.1 Å². The van der Waals surface area contributed by atoms with Crippen molar-refractivity contribution in [1.29, 1.82) is 0 Å². The van der Waals surface area contributed by atoms with Crippen molar-refractivity contribution in [2.24, 2.45) is 12.8 Å². The van der Waals surface area contributed by atoms with E-state index >= 15 is 0 Å². The van der Waals surface area contributed by atoms with E-state index in [9.17, 15) is 4.79 Å². The molecule has 2 aromatic rings. The lowest BCUT2D eigenvalue weighted by Crippen LogP contribution is -2.28. The van der Waals surface area contributed by atoms with Crippen LogP contribution < -0.4 is 11.5 Å². The van der Waals surface area contributed by atoms with Gasteiger partial charge in [-0.1, -0.05) is 24.3 Å². The molecule has 0 saturated heterocycles. The molecule has 0 radical (unpaired) electrons. The lowest BCUT2D eigenvalue weighted by atomic mass is 9.85. The van der Waals surface area contributed by atoms with Gasteiger partial charge in [-0.05, 0) is 13.0 Å². The topological polar surface area (TPSA) is 99.8 Å². The summed E-state index contributed by atoms with van der Waals surface area (Å²) in [5.74, 6) is -0.361. The van der Waals surface area contributed by atoms with Gasteiger partial charge in [-0.25, -0.2) is 9.97 Å². The third-order valence-electron chi connectivity index (χ3n) is 4.24. The van der Waals surface area contributed by atoms with Gasteiger partial charge in [-0.15, -0.1) is 11.6 Å². The largest absolute Gasteiger partial charge is 0.384 e. The first-order chi connectivity index (χ1) is 11.3. The van der Waals surface area contributed by atoms with Gasteiger partial charge in [0.2, 0.25) is 0 Å². The van der Waals surface area contributed by atoms with E-state index in [0.29, 0.717) is 17.1 Å². The summed E-state index contributed by atoms with van der Waals surface area (Å²) in [5.41, 5.74) is 13.9. The molecule has 7 heteroatoms. The van der Waals surface area contributed by atoms with Gasteiger partial charge in [0, 0.05) is 24.7 Å². The normalized spacial score (nSPS) is 22.7. The molecule has 1 aliphatic carbocycles. The quantitative estimate of drug-likeness (QED) is 0.835. The Kier molecular flexibility index (Phi) is 3.93. The van der Waals surface area contributed by atoms with E-state index in [1.54, 1.807) is 12.1 Å². The molecule has 1 aliphatic rings. The van der Waals surface area contributed by atoms with Gasteiger partial charge in [0.15, 0.2) is 0 Å². The number of halogens is 1. The Hall–Kier alpha value is -2.60. The van der Waals surface area contributed by atoms with Crippen LogP contribution in [0, 0.1) is 0 Å². The minimum Gasteiger partial charge on any atom is -0.384 e. The van der Waals surface area contributed by atoms with Crippen molar-refractivity contribution in [3.8, 4) is 11.4 Å². The first-order valence-electron chi connectivity index (χ1n) is 7.43. The number of nitrogens with zero attached hydrogens (tertiary/aromatic N) is 3. The minimum atomic E-state index is -0.660. The van der Waals surface area contributed by atoms with Crippen molar-refractivity contribution in [2.75, 3.05) is 5.73 Å². The molecular weight excluding hydrogens is 326 g/mol. The maximum Gasteiger partial charge on any atom is 0.250 e. The molecule has 0 bridgehead atoms. The zero-order valence-corrected chi connectivity index (χ0v) is 14.2. The molecule has 0 fully saturated rings. The third-order valence-corrected chi connectivity index (χ3v) is 4.60. The summed E-state index contributed by atoms with van der Waals surface area (Å²) in [6, 6.07) is 3.37. The minimum absolute atomic E-state index is 0.204. The molecule has 0 aromatic carbocycles. The van der Waals surface area contributed by atoms with Gasteiger partial charge >= 0.3 is 0 Å². The summed E-state index contributed by atoms with van der Waals surface area (Å²) in [6.45, 7) is 1.90. The van der Waals surface area contributed by atoms with Crippen LogP contribution in [0.5, 0.6) is 0 Å². The predicted molar refractivity (Wildman–Crippen MR) is 94.6 cm³/mol. The van der Waals surface area contributed by atoms with Gasteiger partial charge in [0.05, 0.1) is 21.8 Å². The van der Waals surface area contributed by atoms with Crippen molar-refractivity contribution < 1.29 is 4.79 Å². The fourth-order valence-corrected chi connectivity index (χ4v) is 3.27. The van der Waals surface area contributed by atoms with Crippen LogP contribution >= 0.6 is 11.6 Å². The molecule has 0 spiro atoms. The first-order valence-corrected chi connectivity index (χ1v) is 7.81. The SMILES string of the molecule is Cn1c(-c2cc(N)ncn2)cc(C(N)=O)c1C1C=CC=CC1(C)Cl. The van der Waals surface area contributed by atoms with Crippen LogP contribution in [-0.4, -0.2) is 25.3 Å². The number of alkyl halides is 1. The Morgan fingerprint density at radius 2 is 2.08 bits per heavy atom. The molecule has 1 amide bonds. The van der Waals surface area contributed by atoms with Crippen LogP contribution in [0.15, 0.2) is 42.8 Å². The second-order valence-corrected chi connectivity index (χ2v) is 6.77. The number of aromatic nitrogens is 3. The maximum absolute atomic E-state index is 12.0. The van der Waals surface area contributed by atoms with Crippen molar-refractivity contribution in [2.45, 2.75) is 17.7 Å². The predicted octanol–water partition coefficient (Wildman–Crippen LogP) is 2.37. The highest BCUT2D eigenvalue weighted by molar-refractivity contribution is 6.26. The van der Waals surface area contributed by atoms with Crippen molar-refractivity contribution in [3.63, 3.8) is 0 Å². The number of primary amides is 1. The molecule has 2 unspecified atom stereocenters. The van der Waals surface area contributed by atoms with Gasteiger partial charge in [-0.2, -0.15) is 0 Å². The number of carbonyl (C=O) groups excluding carboxylic acids is 1. The van der Waals surface area contributed by atoms with E-state index in [0.717, 1.165) is 11.4 Å². The number of hydrogen-bond donors (Lipinski definition) is 2. The molecular formula is C17H18ClN5O. The molecule has 0 aliphatic heterocycles. The number of nitrogen functional groups attached to an aromatic ring is 1. The van der Waals surface area contributed by atoms with E-state index in [1.165, 1.54) is 6.33 Å². The second-order valence-electron chi connectivity index (χ2n) is 5.95. The van der Waals surface area contributed by atoms with Gasteiger partial charge in [0.25, 0.3) is 5.91 Å². The Labute approximate surface area is 144 Å². The molecule has 6 nitrogen and oxygen atoms in total. The number of carbonyl (C=O) groups is 1. The summed E-state index contributed by atoms with van der Waals surface area (Å²) in [5, 5.41) is 0. The van der Waals surface area contributed by atoms with Crippen LogP contribution in [0.3, 0.4) is 0 Å². The van der Waals surface area contributed by atoms with Crippen molar-refractivity contribution >= 4 is 23.3 Å². The molecule has 24 heavy (non-hydrogen) atoms. The zero-order valence-electron chi connectivity index (χ0n) is 13.4. The van der Waals surface area contributed by atoms with E-state index in [2.05, 4.69) is 9.97 Å². The van der Waals surface area contributed by atoms with E-state index in [1.807, 2.05) is 42.8 Å². The third kappa shape index (κ3) is 2.69. The highest BCUT2D eigenvalue weighted by Crippen LogP contribution is 2.41. The van der Waals surface area contributed by atoms with Crippen molar-refractivity contribution in [3.05, 3.63) is 54.0 Å². The molecule has 124 valence electrons. The molecule has 2 aromatic heterocycles. The van der Waals surface area contributed by atoms with Crippen LogP contribution in [0.2, 0.25) is 0 Å². The van der Waals surface area contributed by atoms with Crippen LogP contribution in [0.4, 0.5) is 5.82 Å². The fourth-order valence-electron chi connectivity index (χ4n) is 3.02. The highest BCUT2D eigenvalue weighted by atomic mass is 35.5. The Balaban J connectivity index is 2.21. The smallest absolute Gasteiger partial charge is 0.250 e. The first kappa shape index (κ1) is 16.3. The van der Waals surface area contributed by atoms with Gasteiger partial charge in [-0.3, -0.25) is 4.79 Å². The Morgan fingerprint density at radius 3 is 2.71 bits per heavy atom. The summed E-state index contributed by atoms with van der Waals surface area (Å²) < 4.78 is 1.89. The number of allylic oxidation sites excluding steroid dienone is 4. The average Bonchev–Trinajstić information content (AvgIpc) is 2.84. The maximum atomic E-state index is 12.0. The molecule has 0 saturated carbocycles. The van der Waals surface area contributed by atoms with Gasteiger partial charge < -0.3 is 16.0 Å². The number of anilines is 1. The zero-order chi connectivity index (χ0) is 17.5. The lowest BCUT2D eigenvalue weighted by Gasteiger charge is -2.30. The van der Waals surface area contributed by atoms with Crippen molar-refractivity contribution in [1.82, 2.24) is 14.5 Å². The summed E-state index contributed by atoms with van der Waals surface area (Å²) in [7, 11) is 1.86. The molecule has 2 heterocycles. The molecule has 2 atom stereocenters. The van der Waals surface area contributed by atoms with Crippen LogP contribution in [0.25, 0.3) is 11.4 Å². The number of hydrogen-bond acceptors (Lipinski definition) is 4. The monoisotopic (exact) mass is 343 g/mol. The summed E-state index contributed by atoms with van der Waals surface area (Å²) in [4.78, 5) is 19.5. The number of rotatable bonds is 3. The lowest BCUT2D eigenvalue weighted by molar-refractivity contribution is 0.0999. The summed E-state index contributed by atoms with van der Waals surface area (Å²) in [6.07, 6.45) is 9.06. The number of nitrogens with two attached hydrogens (primary N) is 2. The van der Waals surface area contributed by atoms with Crippen LogP contribution in [0.1, 0.15) is 28.9 Å². The fraction of sp³-hybridized carbons (Fsp3) is 0.235. The standard InChI is InChI=1S/C17H18ClN5O/c1-17(18)6-4-3-5-11(17)15-10(16(20)24)7-13(23(15)2)12-8-14(19)22-9-21-12/h3-9,11H,1-2H3,(H2,20,24)(H2,19,21,22). The van der Waals surface area contributed by atoms with Gasteiger partial charge in [0.1, 0.15) is 12.1 Å². The Bertz CT molecular complexity index is 866. The highest BCUT2D eigenvalue weighted by Gasteiger charge is 2.35. The summed E-state index contributed by atoms with van der Waals surface area (Å²) >= 11 is 6.65. The second kappa shape index (κ2) is 5.79. The van der Waals surface area contributed by atoms with E-state index in [-0.39, 0.29) is 5.92 Å². The average molecular weight is 344 g/mol. The van der Waals surface area contributed by atoms with Crippen LogP contribution in [-0.2, 0) is 7.05 Å². The Morgan fingerprint density at radius 1 is 1.33 bits per heavy atom. The number of amides is 1. The van der Waals surface area contributed by atoms with E-state index < -0.39 is 10.8 Å². The molecule has 3 rings (SSSR count).